The minimum Gasteiger partial charge on any atom is -0.447 e. The zero-order chi connectivity index (χ0) is 14.4. The van der Waals surface area contributed by atoms with Crippen LogP contribution in [0.2, 0.25) is 0 Å². The van der Waals surface area contributed by atoms with Crippen LogP contribution in [-0.4, -0.2) is 33.3 Å². The summed E-state index contributed by atoms with van der Waals surface area (Å²) in [5, 5.41) is 4.17. The third-order valence-electron chi connectivity index (χ3n) is 4.41. The summed E-state index contributed by atoms with van der Waals surface area (Å²) in [5.41, 5.74) is 0.706. The fraction of sp³-hybridized carbons (Fsp3) is 0.500. The van der Waals surface area contributed by atoms with Gasteiger partial charge in [0.05, 0.1) is 16.7 Å². The maximum absolute atomic E-state index is 12.1. The van der Waals surface area contributed by atoms with Crippen LogP contribution < -0.4 is 4.90 Å². The van der Waals surface area contributed by atoms with Crippen LogP contribution in [0.25, 0.3) is 5.65 Å². The number of carbonyl (C=O) groups excluding carboxylic acids is 1. The Morgan fingerprint density at radius 3 is 2.95 bits per heavy atom. The monoisotopic (exact) mass is 350 g/mol. The van der Waals surface area contributed by atoms with E-state index in [1.54, 1.807) is 15.6 Å². The number of anilines is 1. The Hall–Kier alpha value is -1.63. The Labute approximate surface area is 130 Å². The lowest BCUT2D eigenvalue weighted by atomic mass is 9.98. The molecule has 0 unspecified atom stereocenters. The van der Waals surface area contributed by atoms with E-state index in [0.29, 0.717) is 24.0 Å². The maximum atomic E-state index is 12.1. The van der Waals surface area contributed by atoms with Gasteiger partial charge in [0, 0.05) is 6.20 Å². The number of nitrogens with zero attached hydrogens (tertiary/aromatic N) is 4. The molecule has 6 nitrogen and oxygen atoms in total. The van der Waals surface area contributed by atoms with Crippen molar-refractivity contribution in [3.63, 3.8) is 0 Å². The molecule has 0 spiro atoms. The fourth-order valence-electron chi connectivity index (χ4n) is 3.35. The molecule has 3 heterocycles. The number of ether oxygens (including phenoxy) is 1. The van der Waals surface area contributed by atoms with Crippen molar-refractivity contribution in [1.29, 1.82) is 0 Å². The van der Waals surface area contributed by atoms with Crippen molar-refractivity contribution in [2.45, 2.75) is 31.7 Å². The minimum absolute atomic E-state index is 0.108. The molecule has 0 bridgehead atoms. The predicted molar refractivity (Wildman–Crippen MR) is 80.3 cm³/mol. The highest BCUT2D eigenvalue weighted by Crippen LogP contribution is 2.35. The van der Waals surface area contributed by atoms with Crippen LogP contribution in [0.5, 0.6) is 0 Å². The molecule has 110 valence electrons. The number of carbonyl (C=O) groups is 1. The largest absolute Gasteiger partial charge is 0.447 e. The number of rotatable bonds is 2. The molecule has 1 saturated heterocycles. The Bertz CT molecular complexity index is 695. The van der Waals surface area contributed by atoms with Crippen LogP contribution >= 0.6 is 15.9 Å². The van der Waals surface area contributed by atoms with Crippen molar-refractivity contribution in [2.24, 2.45) is 5.92 Å². The average Bonchev–Trinajstić information content (AvgIpc) is 3.19. The molecule has 4 rings (SSSR count). The summed E-state index contributed by atoms with van der Waals surface area (Å²) in [5.74, 6) is 1.16. The zero-order valence-electron chi connectivity index (χ0n) is 11.4. The van der Waals surface area contributed by atoms with E-state index >= 15 is 0 Å². The van der Waals surface area contributed by atoms with Gasteiger partial charge < -0.3 is 4.74 Å². The van der Waals surface area contributed by atoms with Gasteiger partial charge in [-0.1, -0.05) is 12.8 Å². The molecule has 1 aliphatic carbocycles. The van der Waals surface area contributed by atoms with Gasteiger partial charge in [0.25, 0.3) is 0 Å². The quantitative estimate of drug-likeness (QED) is 0.835. The molecular weight excluding hydrogens is 336 g/mol. The summed E-state index contributed by atoms with van der Waals surface area (Å²) >= 11 is 3.43. The second-order valence-electron chi connectivity index (χ2n) is 5.61. The number of halogens is 1. The van der Waals surface area contributed by atoms with Crippen molar-refractivity contribution >= 4 is 33.5 Å². The third-order valence-corrected chi connectivity index (χ3v) is 4.97. The molecule has 7 heteroatoms. The second kappa shape index (κ2) is 4.98. The Kier molecular flexibility index (Phi) is 3.10. The van der Waals surface area contributed by atoms with Crippen LogP contribution in [0, 0.1) is 5.92 Å². The number of cyclic esters (lactones) is 1. The van der Waals surface area contributed by atoms with Crippen molar-refractivity contribution in [2.75, 3.05) is 11.5 Å². The number of hydrogen-bond acceptors (Lipinski definition) is 4. The molecule has 2 aliphatic rings. The molecule has 21 heavy (non-hydrogen) atoms. The van der Waals surface area contributed by atoms with Gasteiger partial charge in [0.15, 0.2) is 5.65 Å². The molecular formula is C14H15BrN4O2. The smallest absolute Gasteiger partial charge is 0.415 e. The van der Waals surface area contributed by atoms with Gasteiger partial charge in [-0.3, -0.25) is 4.90 Å². The van der Waals surface area contributed by atoms with Crippen LogP contribution in [0.1, 0.15) is 25.7 Å². The first-order valence-electron chi connectivity index (χ1n) is 7.20. The van der Waals surface area contributed by atoms with E-state index in [2.05, 4.69) is 26.0 Å². The molecule has 0 N–H and O–H groups in total. The number of hydrogen-bond donors (Lipinski definition) is 0. The highest BCUT2D eigenvalue weighted by atomic mass is 79.9. The van der Waals surface area contributed by atoms with Gasteiger partial charge in [0.2, 0.25) is 0 Å². The molecule has 1 atom stereocenters. The summed E-state index contributed by atoms with van der Waals surface area (Å²) in [6.45, 7) is 0.469. The molecule has 0 aromatic carbocycles. The van der Waals surface area contributed by atoms with Crippen molar-refractivity contribution in [1.82, 2.24) is 14.6 Å². The molecule has 0 radical (unpaired) electrons. The van der Waals surface area contributed by atoms with Crippen molar-refractivity contribution in [3.05, 3.63) is 22.9 Å². The van der Waals surface area contributed by atoms with E-state index in [1.807, 2.05) is 12.3 Å². The van der Waals surface area contributed by atoms with Gasteiger partial charge >= 0.3 is 6.09 Å². The maximum Gasteiger partial charge on any atom is 0.415 e. The number of aromatic nitrogens is 3. The van der Waals surface area contributed by atoms with E-state index in [1.165, 1.54) is 12.8 Å². The van der Waals surface area contributed by atoms with Gasteiger partial charge in [-0.2, -0.15) is 5.10 Å². The molecule has 1 aliphatic heterocycles. The van der Waals surface area contributed by atoms with Gasteiger partial charge in [-0.15, -0.1) is 0 Å². The second-order valence-corrected chi connectivity index (χ2v) is 6.46. The highest BCUT2D eigenvalue weighted by molar-refractivity contribution is 9.10. The SMILES string of the molecule is O=C1OC[C@H](C2CCCC2)N1c1ccn2ncc(Br)c2n1. The lowest BCUT2D eigenvalue weighted by Crippen LogP contribution is -2.38. The molecule has 1 saturated carbocycles. The lowest BCUT2D eigenvalue weighted by molar-refractivity contribution is 0.176. The third kappa shape index (κ3) is 2.10. The van der Waals surface area contributed by atoms with E-state index in [0.717, 1.165) is 17.3 Å². The summed E-state index contributed by atoms with van der Waals surface area (Å²) in [4.78, 5) is 18.4. The van der Waals surface area contributed by atoms with E-state index < -0.39 is 0 Å². The standard InChI is InChI=1S/C14H15BrN4O2/c15-10-7-16-18-6-5-12(17-13(10)18)19-11(8-21-14(19)20)9-3-1-2-4-9/h5-7,9,11H,1-4,8H2/t11-/m1/s1. The van der Waals surface area contributed by atoms with Crippen LogP contribution in [0.15, 0.2) is 22.9 Å². The summed E-state index contributed by atoms with van der Waals surface area (Å²) in [7, 11) is 0. The van der Waals surface area contributed by atoms with Gasteiger partial charge in [0.1, 0.15) is 12.4 Å². The summed E-state index contributed by atoms with van der Waals surface area (Å²) < 4.78 is 7.78. The first-order valence-corrected chi connectivity index (χ1v) is 7.99. The van der Waals surface area contributed by atoms with Gasteiger partial charge in [-0.05, 0) is 40.8 Å². The predicted octanol–water partition coefficient (Wildman–Crippen LogP) is 3.01. The summed E-state index contributed by atoms with van der Waals surface area (Å²) in [6, 6.07) is 1.93. The Balaban J connectivity index is 1.73. The van der Waals surface area contributed by atoms with E-state index in [4.69, 9.17) is 4.74 Å². The average molecular weight is 351 g/mol. The van der Waals surface area contributed by atoms with Gasteiger partial charge in [-0.25, -0.2) is 14.3 Å². The number of amides is 1. The topological polar surface area (TPSA) is 59.7 Å². The Morgan fingerprint density at radius 1 is 1.33 bits per heavy atom. The van der Waals surface area contributed by atoms with Crippen LogP contribution in [0.3, 0.4) is 0 Å². The van der Waals surface area contributed by atoms with Crippen molar-refractivity contribution in [3.8, 4) is 0 Å². The van der Waals surface area contributed by atoms with Crippen LogP contribution in [0.4, 0.5) is 10.6 Å². The van der Waals surface area contributed by atoms with Crippen molar-refractivity contribution < 1.29 is 9.53 Å². The lowest BCUT2D eigenvalue weighted by Gasteiger charge is -2.25. The summed E-state index contributed by atoms with van der Waals surface area (Å²) in [6.07, 6.45) is 8.03. The minimum atomic E-state index is -0.292. The normalized spacial score (nSPS) is 23.2. The van der Waals surface area contributed by atoms with E-state index in [-0.39, 0.29) is 12.1 Å². The first-order chi connectivity index (χ1) is 10.2. The molecule has 2 aromatic heterocycles. The zero-order valence-corrected chi connectivity index (χ0v) is 13.0. The molecule has 1 amide bonds. The first kappa shape index (κ1) is 13.1. The molecule has 2 aromatic rings. The molecule has 2 fully saturated rings. The Morgan fingerprint density at radius 2 is 2.14 bits per heavy atom. The highest BCUT2D eigenvalue weighted by Gasteiger charge is 2.41. The van der Waals surface area contributed by atoms with E-state index in [9.17, 15) is 4.79 Å². The fourth-order valence-corrected chi connectivity index (χ4v) is 3.72. The van der Waals surface area contributed by atoms with Crippen LogP contribution in [-0.2, 0) is 4.74 Å². The number of fused-ring (bicyclic) bond motifs is 1.